The van der Waals surface area contributed by atoms with Crippen molar-refractivity contribution in [3.8, 4) is 0 Å². The summed E-state index contributed by atoms with van der Waals surface area (Å²) < 4.78 is 11.0. The molecular weight excluding hydrogens is 346 g/mol. The lowest BCUT2D eigenvalue weighted by molar-refractivity contribution is 0.00989. The van der Waals surface area contributed by atoms with Gasteiger partial charge in [0.25, 0.3) is 0 Å². The largest absolute Gasteiger partial charge is 0.385 e. The normalized spacial score (nSPS) is 16.9. The molecule has 0 aromatic carbocycles. The van der Waals surface area contributed by atoms with E-state index in [1.54, 1.807) is 7.11 Å². The monoisotopic (exact) mass is 381 g/mol. The maximum absolute atomic E-state index is 5.97. The lowest BCUT2D eigenvalue weighted by Gasteiger charge is -2.34. The summed E-state index contributed by atoms with van der Waals surface area (Å²) in [6.07, 6.45) is 3.46. The molecule has 0 unspecified atom stereocenters. The number of aliphatic imine (C=N–C) groups is 1. The number of hydrogen-bond acceptors (Lipinski definition) is 4. The van der Waals surface area contributed by atoms with Gasteiger partial charge in [-0.15, -0.1) is 11.3 Å². The first-order chi connectivity index (χ1) is 12.6. The minimum atomic E-state index is 0.0671. The number of hydrogen-bond donors (Lipinski definition) is 1. The highest BCUT2D eigenvalue weighted by Crippen LogP contribution is 2.27. The van der Waals surface area contributed by atoms with Crippen molar-refractivity contribution in [2.24, 2.45) is 4.99 Å². The van der Waals surface area contributed by atoms with Gasteiger partial charge in [-0.3, -0.25) is 4.99 Å². The van der Waals surface area contributed by atoms with Crippen LogP contribution in [-0.4, -0.2) is 63.5 Å². The van der Waals surface area contributed by atoms with Gasteiger partial charge in [-0.1, -0.05) is 19.9 Å². The molecule has 148 valence electrons. The van der Waals surface area contributed by atoms with E-state index in [1.165, 1.54) is 4.88 Å². The van der Waals surface area contributed by atoms with E-state index >= 15 is 0 Å². The predicted octanol–water partition coefficient (Wildman–Crippen LogP) is 3.51. The second-order valence-corrected chi connectivity index (χ2v) is 8.38. The first kappa shape index (κ1) is 21.2. The zero-order valence-electron chi connectivity index (χ0n) is 16.8. The summed E-state index contributed by atoms with van der Waals surface area (Å²) in [5.41, 5.74) is 0.0671. The van der Waals surface area contributed by atoms with E-state index in [0.717, 1.165) is 64.6 Å². The molecule has 0 spiro atoms. The van der Waals surface area contributed by atoms with Crippen molar-refractivity contribution >= 4 is 17.3 Å². The molecule has 0 amide bonds. The van der Waals surface area contributed by atoms with Crippen LogP contribution in [0.2, 0.25) is 0 Å². The Kier molecular flexibility index (Phi) is 8.88. The zero-order chi connectivity index (χ0) is 18.8. The molecule has 5 nitrogen and oxygen atoms in total. The molecule has 1 aliphatic heterocycles. The molecule has 0 bridgehead atoms. The average Bonchev–Trinajstić information content (AvgIpc) is 3.19. The van der Waals surface area contributed by atoms with Crippen molar-refractivity contribution in [3.05, 3.63) is 22.4 Å². The van der Waals surface area contributed by atoms with Gasteiger partial charge in [0.15, 0.2) is 5.96 Å². The third kappa shape index (κ3) is 6.56. The molecule has 2 rings (SSSR count). The first-order valence-corrected chi connectivity index (χ1v) is 10.6. The summed E-state index contributed by atoms with van der Waals surface area (Å²) in [6.45, 7) is 11.9. The van der Waals surface area contributed by atoms with E-state index in [4.69, 9.17) is 14.5 Å². The standard InChI is InChI=1S/C20H35N3O2S/c1-5-21-19(22-16-20(2,3)18-8-6-15-26-18)23-11-9-17(10-12-23)25-14-7-13-24-4/h6,8,15,17H,5,7,9-14,16H2,1-4H3,(H,21,22). The van der Waals surface area contributed by atoms with E-state index in [-0.39, 0.29) is 5.41 Å². The molecule has 1 aromatic heterocycles. The highest BCUT2D eigenvalue weighted by atomic mass is 32.1. The van der Waals surface area contributed by atoms with Gasteiger partial charge >= 0.3 is 0 Å². The molecule has 1 saturated heterocycles. The van der Waals surface area contributed by atoms with Crippen molar-refractivity contribution in [1.82, 2.24) is 10.2 Å². The highest BCUT2D eigenvalue weighted by molar-refractivity contribution is 7.10. The Hall–Kier alpha value is -1.11. The van der Waals surface area contributed by atoms with Crippen molar-refractivity contribution in [3.63, 3.8) is 0 Å². The van der Waals surface area contributed by atoms with Gasteiger partial charge in [0.1, 0.15) is 0 Å². The molecule has 1 fully saturated rings. The van der Waals surface area contributed by atoms with E-state index in [1.807, 2.05) is 11.3 Å². The maximum atomic E-state index is 5.97. The summed E-state index contributed by atoms with van der Waals surface area (Å²) in [5.74, 6) is 1.04. The van der Waals surface area contributed by atoms with Gasteiger partial charge < -0.3 is 19.7 Å². The summed E-state index contributed by atoms with van der Waals surface area (Å²) in [6, 6.07) is 4.33. The Bertz CT molecular complexity index is 523. The van der Waals surface area contributed by atoms with Crippen molar-refractivity contribution in [2.45, 2.75) is 51.6 Å². The second-order valence-electron chi connectivity index (χ2n) is 7.43. The third-order valence-electron chi connectivity index (χ3n) is 4.74. The number of likely N-dealkylation sites (tertiary alicyclic amines) is 1. The quantitative estimate of drug-likeness (QED) is 0.404. The Morgan fingerprint density at radius 3 is 2.73 bits per heavy atom. The van der Waals surface area contributed by atoms with Crippen molar-refractivity contribution in [1.29, 1.82) is 0 Å². The van der Waals surface area contributed by atoms with Gasteiger partial charge in [-0.2, -0.15) is 0 Å². The number of methoxy groups -OCH3 is 1. The van der Waals surface area contributed by atoms with Gasteiger partial charge in [0.2, 0.25) is 0 Å². The van der Waals surface area contributed by atoms with Crippen LogP contribution in [-0.2, 0) is 14.9 Å². The number of rotatable bonds is 9. The minimum absolute atomic E-state index is 0.0671. The van der Waals surface area contributed by atoms with Gasteiger partial charge in [-0.25, -0.2) is 0 Å². The van der Waals surface area contributed by atoms with E-state index in [0.29, 0.717) is 6.10 Å². The molecule has 6 heteroatoms. The Morgan fingerprint density at radius 2 is 2.12 bits per heavy atom. The van der Waals surface area contributed by atoms with Gasteiger partial charge in [0, 0.05) is 50.2 Å². The van der Waals surface area contributed by atoms with Crippen LogP contribution in [0.1, 0.15) is 44.9 Å². The van der Waals surface area contributed by atoms with E-state index < -0.39 is 0 Å². The van der Waals surface area contributed by atoms with Crippen LogP contribution in [0.5, 0.6) is 0 Å². The topological polar surface area (TPSA) is 46.1 Å². The van der Waals surface area contributed by atoms with Gasteiger partial charge in [-0.05, 0) is 37.6 Å². The van der Waals surface area contributed by atoms with Gasteiger partial charge in [0.05, 0.1) is 12.6 Å². The fourth-order valence-corrected chi connectivity index (χ4v) is 3.97. The van der Waals surface area contributed by atoms with Crippen LogP contribution in [0.4, 0.5) is 0 Å². The molecule has 0 saturated carbocycles. The number of piperidine rings is 1. The molecule has 1 N–H and O–H groups in total. The molecule has 2 heterocycles. The van der Waals surface area contributed by atoms with Crippen LogP contribution in [0.15, 0.2) is 22.5 Å². The number of thiophene rings is 1. The summed E-state index contributed by atoms with van der Waals surface area (Å²) in [5, 5.41) is 5.61. The Labute approximate surface area is 162 Å². The molecule has 26 heavy (non-hydrogen) atoms. The maximum Gasteiger partial charge on any atom is 0.193 e. The van der Waals surface area contributed by atoms with Crippen LogP contribution >= 0.6 is 11.3 Å². The highest BCUT2D eigenvalue weighted by Gasteiger charge is 2.24. The fourth-order valence-electron chi connectivity index (χ4n) is 3.13. The lowest BCUT2D eigenvalue weighted by atomic mass is 9.92. The molecule has 0 aliphatic carbocycles. The average molecular weight is 382 g/mol. The van der Waals surface area contributed by atoms with Crippen LogP contribution in [0, 0.1) is 0 Å². The number of ether oxygens (including phenoxy) is 2. The summed E-state index contributed by atoms with van der Waals surface area (Å²) >= 11 is 1.81. The van der Waals surface area contributed by atoms with Crippen molar-refractivity contribution < 1.29 is 9.47 Å². The Morgan fingerprint density at radius 1 is 1.35 bits per heavy atom. The number of nitrogens with one attached hydrogen (secondary N) is 1. The van der Waals surface area contributed by atoms with E-state index in [2.05, 4.69) is 48.5 Å². The molecule has 1 aliphatic rings. The number of guanidine groups is 1. The van der Waals surface area contributed by atoms with Crippen LogP contribution in [0.25, 0.3) is 0 Å². The fraction of sp³-hybridized carbons (Fsp3) is 0.750. The Balaban J connectivity index is 1.85. The minimum Gasteiger partial charge on any atom is -0.385 e. The predicted molar refractivity (Wildman–Crippen MR) is 110 cm³/mol. The SMILES string of the molecule is CCNC(=NCC(C)(C)c1cccs1)N1CCC(OCCCOC)CC1. The first-order valence-electron chi connectivity index (χ1n) is 9.74. The molecule has 0 atom stereocenters. The van der Waals surface area contributed by atoms with Crippen LogP contribution in [0.3, 0.4) is 0 Å². The molecule has 1 aromatic rings. The zero-order valence-corrected chi connectivity index (χ0v) is 17.6. The third-order valence-corrected chi connectivity index (χ3v) is 5.97. The summed E-state index contributed by atoms with van der Waals surface area (Å²) in [7, 11) is 1.74. The second kappa shape index (κ2) is 10.9. The summed E-state index contributed by atoms with van der Waals surface area (Å²) in [4.78, 5) is 8.72. The van der Waals surface area contributed by atoms with Crippen LogP contribution < -0.4 is 5.32 Å². The van der Waals surface area contributed by atoms with E-state index in [9.17, 15) is 0 Å². The smallest absolute Gasteiger partial charge is 0.193 e. The lowest BCUT2D eigenvalue weighted by Crippen LogP contribution is -2.47. The molecule has 0 radical (unpaired) electrons. The number of nitrogens with zero attached hydrogens (tertiary/aromatic N) is 2. The molecular formula is C20H35N3O2S. The van der Waals surface area contributed by atoms with Crippen molar-refractivity contribution in [2.75, 3.05) is 46.5 Å².